The van der Waals surface area contributed by atoms with Crippen molar-refractivity contribution in [1.82, 2.24) is 0 Å². The maximum atomic E-state index is 10.9. The van der Waals surface area contributed by atoms with Crippen LogP contribution in [0.4, 0.5) is 11.4 Å². The Morgan fingerprint density at radius 3 is 3.00 bits per heavy atom. The lowest BCUT2D eigenvalue weighted by Gasteiger charge is -2.32. The summed E-state index contributed by atoms with van der Waals surface area (Å²) < 4.78 is 0. The van der Waals surface area contributed by atoms with Gasteiger partial charge in [0, 0.05) is 35.8 Å². The largest absolute Gasteiger partial charge is 0.369 e. The van der Waals surface area contributed by atoms with Gasteiger partial charge < -0.3 is 4.90 Å². The predicted octanol–water partition coefficient (Wildman–Crippen LogP) is 2.41. The number of nitriles is 1. The zero-order valence-corrected chi connectivity index (χ0v) is 10.8. The van der Waals surface area contributed by atoms with Gasteiger partial charge in [0.05, 0.1) is 4.92 Å². The first-order chi connectivity index (χ1) is 8.61. The fourth-order valence-corrected chi connectivity index (χ4v) is 3.03. The molecule has 0 radical (unpaired) electrons. The average Bonchev–Trinajstić information content (AvgIpc) is 2.38. The third kappa shape index (κ3) is 2.57. The van der Waals surface area contributed by atoms with Crippen molar-refractivity contribution in [2.24, 2.45) is 0 Å². The van der Waals surface area contributed by atoms with E-state index in [4.69, 9.17) is 5.26 Å². The Hall–Kier alpha value is -1.74. The van der Waals surface area contributed by atoms with E-state index in [1.807, 2.05) is 17.8 Å². The van der Waals surface area contributed by atoms with E-state index in [0.29, 0.717) is 5.25 Å². The summed E-state index contributed by atoms with van der Waals surface area (Å²) in [6.45, 7) is 3.92. The molecule has 1 aliphatic rings. The summed E-state index contributed by atoms with van der Waals surface area (Å²) in [5, 5.41) is 20.3. The van der Waals surface area contributed by atoms with Crippen LogP contribution in [0.5, 0.6) is 0 Å². The van der Waals surface area contributed by atoms with Crippen molar-refractivity contribution in [3.05, 3.63) is 33.9 Å². The first-order valence-electron chi connectivity index (χ1n) is 5.67. The smallest absolute Gasteiger partial charge is 0.289 e. The van der Waals surface area contributed by atoms with E-state index in [1.165, 1.54) is 12.1 Å². The van der Waals surface area contributed by atoms with E-state index in [-0.39, 0.29) is 11.3 Å². The number of hydrogen-bond donors (Lipinski definition) is 0. The number of benzene rings is 1. The van der Waals surface area contributed by atoms with E-state index >= 15 is 0 Å². The highest BCUT2D eigenvalue weighted by atomic mass is 32.2. The molecule has 1 heterocycles. The monoisotopic (exact) mass is 263 g/mol. The average molecular weight is 263 g/mol. The number of anilines is 1. The van der Waals surface area contributed by atoms with Gasteiger partial charge in [0.15, 0.2) is 0 Å². The molecule has 0 saturated carbocycles. The lowest BCUT2D eigenvalue weighted by molar-refractivity contribution is -0.385. The number of rotatable bonds is 2. The summed E-state index contributed by atoms with van der Waals surface area (Å²) >= 11 is 1.91. The Balaban J connectivity index is 2.32. The molecule has 0 aromatic heterocycles. The Bertz CT molecular complexity index is 513. The minimum atomic E-state index is -0.496. The van der Waals surface area contributed by atoms with Crippen LogP contribution in [-0.4, -0.2) is 29.0 Å². The fourth-order valence-electron chi connectivity index (χ4n) is 2.02. The number of nitrogens with zero attached hydrogens (tertiary/aromatic N) is 3. The quantitative estimate of drug-likeness (QED) is 0.605. The van der Waals surface area contributed by atoms with Gasteiger partial charge >= 0.3 is 0 Å². The van der Waals surface area contributed by atoms with Gasteiger partial charge in [-0.3, -0.25) is 10.1 Å². The Kier molecular flexibility index (Phi) is 3.72. The van der Waals surface area contributed by atoms with Gasteiger partial charge in [-0.1, -0.05) is 6.92 Å². The highest BCUT2D eigenvalue weighted by Gasteiger charge is 2.20. The summed E-state index contributed by atoms with van der Waals surface area (Å²) in [6.07, 6.45) is 0. The SMILES string of the molecule is CC1CN(c2ccc(C#N)c([N+](=O)[O-])c2)CCS1. The molecule has 1 aromatic carbocycles. The predicted molar refractivity (Wildman–Crippen MR) is 71.9 cm³/mol. The molecule has 1 fully saturated rings. The second kappa shape index (κ2) is 5.27. The van der Waals surface area contributed by atoms with Crippen LogP contribution in [0.2, 0.25) is 0 Å². The fraction of sp³-hybridized carbons (Fsp3) is 0.417. The Morgan fingerprint density at radius 2 is 2.39 bits per heavy atom. The van der Waals surface area contributed by atoms with Crippen LogP contribution in [0, 0.1) is 21.4 Å². The van der Waals surface area contributed by atoms with Gasteiger partial charge in [0.2, 0.25) is 0 Å². The van der Waals surface area contributed by atoms with E-state index in [9.17, 15) is 10.1 Å². The maximum Gasteiger partial charge on any atom is 0.289 e. The molecular weight excluding hydrogens is 250 g/mol. The molecule has 1 aromatic rings. The van der Waals surface area contributed by atoms with Gasteiger partial charge in [-0.05, 0) is 12.1 Å². The topological polar surface area (TPSA) is 70.2 Å². The molecule has 0 N–H and O–H groups in total. The van der Waals surface area contributed by atoms with E-state index < -0.39 is 4.92 Å². The summed E-state index contributed by atoms with van der Waals surface area (Å²) in [5.41, 5.74) is 0.830. The van der Waals surface area contributed by atoms with Gasteiger partial charge in [0.1, 0.15) is 11.6 Å². The minimum Gasteiger partial charge on any atom is -0.369 e. The highest BCUT2D eigenvalue weighted by molar-refractivity contribution is 8.00. The number of nitro benzene ring substituents is 1. The lowest BCUT2D eigenvalue weighted by Crippen LogP contribution is -2.36. The van der Waals surface area contributed by atoms with Crippen LogP contribution in [0.1, 0.15) is 12.5 Å². The van der Waals surface area contributed by atoms with Crippen LogP contribution < -0.4 is 4.90 Å². The van der Waals surface area contributed by atoms with Crippen molar-refractivity contribution in [3.63, 3.8) is 0 Å². The summed E-state index contributed by atoms with van der Waals surface area (Å²) in [7, 11) is 0. The van der Waals surface area contributed by atoms with Gasteiger partial charge in [-0.2, -0.15) is 17.0 Å². The third-order valence-corrected chi connectivity index (χ3v) is 4.04. The van der Waals surface area contributed by atoms with Gasteiger partial charge in [0.25, 0.3) is 5.69 Å². The Morgan fingerprint density at radius 1 is 1.61 bits per heavy atom. The van der Waals surface area contributed by atoms with Gasteiger partial charge in [-0.25, -0.2) is 0 Å². The molecule has 0 bridgehead atoms. The lowest BCUT2D eigenvalue weighted by atomic mass is 10.1. The molecule has 6 heteroatoms. The van der Waals surface area contributed by atoms with Crippen LogP contribution in [0.15, 0.2) is 18.2 Å². The molecule has 0 spiro atoms. The second-order valence-corrected chi connectivity index (χ2v) is 5.74. The first-order valence-corrected chi connectivity index (χ1v) is 6.72. The van der Waals surface area contributed by atoms with Crippen molar-refractivity contribution in [2.45, 2.75) is 12.2 Å². The molecule has 94 valence electrons. The van der Waals surface area contributed by atoms with E-state index in [1.54, 1.807) is 6.07 Å². The zero-order chi connectivity index (χ0) is 13.1. The third-order valence-electron chi connectivity index (χ3n) is 2.90. The van der Waals surface area contributed by atoms with Crippen molar-refractivity contribution < 1.29 is 4.92 Å². The molecule has 1 saturated heterocycles. The van der Waals surface area contributed by atoms with Crippen LogP contribution in [-0.2, 0) is 0 Å². The summed E-state index contributed by atoms with van der Waals surface area (Å²) in [5.74, 6) is 1.02. The molecule has 1 aliphatic heterocycles. The van der Waals surface area contributed by atoms with Crippen LogP contribution in [0.3, 0.4) is 0 Å². The molecule has 18 heavy (non-hydrogen) atoms. The van der Waals surface area contributed by atoms with Crippen molar-refractivity contribution >= 4 is 23.1 Å². The zero-order valence-electron chi connectivity index (χ0n) is 10.00. The molecule has 1 atom stereocenters. The van der Waals surface area contributed by atoms with E-state index in [2.05, 4.69) is 11.8 Å². The number of nitro groups is 1. The van der Waals surface area contributed by atoms with Gasteiger partial charge in [-0.15, -0.1) is 0 Å². The standard InChI is InChI=1S/C12H13N3O2S/c1-9-8-14(4-5-18-9)11-3-2-10(7-13)12(6-11)15(16)17/h2-3,6,9H,4-5,8H2,1H3. The van der Waals surface area contributed by atoms with Crippen molar-refractivity contribution in [3.8, 4) is 6.07 Å². The normalized spacial score (nSPS) is 19.3. The highest BCUT2D eigenvalue weighted by Crippen LogP contribution is 2.28. The molecule has 5 nitrogen and oxygen atoms in total. The van der Waals surface area contributed by atoms with Crippen molar-refractivity contribution in [2.75, 3.05) is 23.7 Å². The minimum absolute atomic E-state index is 0.110. The van der Waals surface area contributed by atoms with Crippen LogP contribution >= 0.6 is 11.8 Å². The summed E-state index contributed by atoms with van der Waals surface area (Å²) in [4.78, 5) is 12.6. The Labute approximate surface area is 110 Å². The first kappa shape index (κ1) is 12.7. The number of thioether (sulfide) groups is 1. The molecule has 0 aliphatic carbocycles. The molecule has 2 rings (SSSR count). The summed E-state index contributed by atoms with van der Waals surface area (Å²) in [6, 6.07) is 6.67. The van der Waals surface area contributed by atoms with Crippen molar-refractivity contribution in [1.29, 1.82) is 5.26 Å². The van der Waals surface area contributed by atoms with E-state index in [0.717, 1.165) is 24.5 Å². The molecular formula is C12H13N3O2S. The number of hydrogen-bond acceptors (Lipinski definition) is 5. The molecule has 1 unspecified atom stereocenters. The maximum absolute atomic E-state index is 10.9. The molecule has 0 amide bonds. The second-order valence-electron chi connectivity index (χ2n) is 4.20. The van der Waals surface area contributed by atoms with Crippen LogP contribution in [0.25, 0.3) is 0 Å².